The summed E-state index contributed by atoms with van der Waals surface area (Å²) in [5.41, 5.74) is 0.373. The van der Waals surface area contributed by atoms with E-state index in [-0.39, 0.29) is 18.0 Å². The molecule has 1 nitrogen and oxygen atoms in total. The molecular weight excluding hydrogens is 266 g/mol. The number of fused-ring (bicyclic) bond motifs is 1. The van der Waals surface area contributed by atoms with Crippen LogP contribution >= 0.6 is 0 Å². The van der Waals surface area contributed by atoms with Crippen molar-refractivity contribution in [2.24, 2.45) is 5.41 Å². The van der Waals surface area contributed by atoms with Gasteiger partial charge >= 0.3 is 0 Å². The van der Waals surface area contributed by atoms with E-state index in [1.807, 2.05) is 57.2 Å². The summed E-state index contributed by atoms with van der Waals surface area (Å²) in [7, 11) is 0. The van der Waals surface area contributed by atoms with Gasteiger partial charge in [0, 0.05) is 25.3 Å². The first-order chi connectivity index (χ1) is 12.8. The van der Waals surface area contributed by atoms with Crippen molar-refractivity contribution in [3.8, 4) is 11.8 Å². The number of likely N-dealkylation sites (N-methyl/N-ethyl adjacent to an activating group) is 1. The second kappa shape index (κ2) is 7.29. The molecule has 0 aliphatic rings. The fraction of sp³-hybridized carbons (Fsp3) is 0.333. The molecule has 0 aliphatic carbocycles. The van der Waals surface area contributed by atoms with Crippen LogP contribution in [0.25, 0.3) is 10.8 Å². The van der Waals surface area contributed by atoms with Crippen LogP contribution in [0.2, 0.25) is 0 Å². The Morgan fingerprint density at radius 3 is 2.77 bits per heavy atom. The monoisotopic (exact) mass is 297 g/mol. The largest absolute Gasteiger partial charge is 0.298 e. The van der Waals surface area contributed by atoms with Gasteiger partial charge in [-0.05, 0) is 50.1 Å². The Kier molecular flexibility index (Phi) is 3.27. The summed E-state index contributed by atoms with van der Waals surface area (Å²) in [6, 6.07) is 12.9. The van der Waals surface area contributed by atoms with Gasteiger partial charge in [0.2, 0.25) is 0 Å². The van der Waals surface area contributed by atoms with Gasteiger partial charge in [-0.1, -0.05) is 60.4 Å². The maximum Gasteiger partial charge on any atom is 0.0717 e. The number of allylic oxidation sites excluding steroid dienone is 1. The van der Waals surface area contributed by atoms with Gasteiger partial charge in [0.1, 0.15) is 0 Å². The molecule has 0 radical (unpaired) electrons. The third-order valence-electron chi connectivity index (χ3n) is 3.01. The van der Waals surface area contributed by atoms with Gasteiger partial charge in [-0.15, -0.1) is 0 Å². The topological polar surface area (TPSA) is 3.24 Å². The second-order valence-corrected chi connectivity index (χ2v) is 6.14. The van der Waals surface area contributed by atoms with Crippen molar-refractivity contribution in [3.63, 3.8) is 0 Å². The summed E-state index contributed by atoms with van der Waals surface area (Å²) >= 11 is 0. The molecule has 2 rings (SSSR count). The number of hydrogen-bond acceptors (Lipinski definition) is 1. The summed E-state index contributed by atoms with van der Waals surface area (Å²) in [6.07, 6.45) is 0.962. The molecule has 0 N–H and O–H groups in total. The summed E-state index contributed by atoms with van der Waals surface area (Å²) in [6.45, 7) is 0.480. The molecule has 0 aromatic heterocycles. The summed E-state index contributed by atoms with van der Waals surface area (Å²) in [4.78, 5) is 0.787. The van der Waals surface area contributed by atoms with Crippen LogP contribution in [0.15, 0.2) is 54.6 Å². The van der Waals surface area contributed by atoms with Crippen molar-refractivity contribution < 1.29 is 8.22 Å². The van der Waals surface area contributed by atoms with E-state index in [9.17, 15) is 0 Å². The van der Waals surface area contributed by atoms with Gasteiger partial charge in [-0.3, -0.25) is 4.90 Å². The van der Waals surface area contributed by atoms with Crippen LogP contribution < -0.4 is 0 Å². The molecule has 0 amide bonds. The summed E-state index contributed by atoms with van der Waals surface area (Å²) in [5.74, 6) is 5.47. The van der Waals surface area contributed by atoms with E-state index < -0.39 is 13.5 Å². The lowest BCUT2D eigenvalue weighted by atomic mass is 9.98. The number of rotatable bonds is 4. The Balaban J connectivity index is 2.44. The van der Waals surface area contributed by atoms with Crippen LogP contribution in [0.5, 0.6) is 0 Å². The molecule has 0 fully saturated rings. The van der Waals surface area contributed by atoms with Crippen molar-refractivity contribution in [1.82, 2.24) is 4.90 Å². The molecule has 1 heteroatoms. The third-order valence-corrected chi connectivity index (χ3v) is 3.01. The molecule has 0 saturated heterocycles. The fourth-order valence-electron chi connectivity index (χ4n) is 2.02. The number of hydrogen-bond donors (Lipinski definition) is 0. The summed E-state index contributed by atoms with van der Waals surface area (Å²) < 4.78 is 48.1. The minimum Gasteiger partial charge on any atom is -0.298 e. The fourth-order valence-corrected chi connectivity index (χ4v) is 2.02. The van der Waals surface area contributed by atoms with Gasteiger partial charge in [-0.2, -0.15) is 0 Å². The average molecular weight is 297 g/mol. The highest BCUT2D eigenvalue weighted by atomic mass is 15.1. The lowest BCUT2D eigenvalue weighted by molar-refractivity contribution is 0.365. The Morgan fingerprint density at radius 2 is 2.00 bits per heavy atom. The SMILES string of the molecule is [2H]C(C#CC(C)(C)C)=CC([2H])([2H])N(Cc1cccc2ccccc12)C([2H])([2H])[2H]. The molecular formula is C21H25N. The average Bonchev–Trinajstić information content (AvgIpc) is 2.55. The highest BCUT2D eigenvalue weighted by Crippen LogP contribution is 2.19. The quantitative estimate of drug-likeness (QED) is 0.727. The molecule has 0 bridgehead atoms. The highest BCUT2D eigenvalue weighted by molar-refractivity contribution is 5.85. The Hall–Kier alpha value is -2.04. The molecule has 2 aromatic rings. The molecule has 0 unspecified atom stereocenters. The maximum absolute atomic E-state index is 8.33. The van der Waals surface area contributed by atoms with Gasteiger partial charge < -0.3 is 0 Å². The van der Waals surface area contributed by atoms with Crippen LogP contribution in [-0.2, 0) is 6.54 Å². The van der Waals surface area contributed by atoms with Crippen LogP contribution in [0, 0.1) is 17.3 Å². The van der Waals surface area contributed by atoms with Gasteiger partial charge in [0.15, 0.2) is 0 Å². The van der Waals surface area contributed by atoms with E-state index in [1.165, 1.54) is 0 Å². The molecule has 114 valence electrons. The first kappa shape index (κ1) is 9.87. The lowest BCUT2D eigenvalue weighted by Gasteiger charge is -2.15. The van der Waals surface area contributed by atoms with Crippen molar-refractivity contribution in [2.75, 3.05) is 13.5 Å². The smallest absolute Gasteiger partial charge is 0.0717 e. The second-order valence-electron chi connectivity index (χ2n) is 6.14. The molecule has 0 atom stereocenters. The summed E-state index contributed by atoms with van der Waals surface area (Å²) in [5, 5.41) is 1.83. The van der Waals surface area contributed by atoms with E-state index in [0.717, 1.165) is 21.7 Å². The zero-order valence-corrected chi connectivity index (χ0v) is 13.3. The maximum atomic E-state index is 8.33. The molecule has 22 heavy (non-hydrogen) atoms. The number of nitrogens with zero attached hydrogens (tertiary/aromatic N) is 1. The first-order valence-electron chi connectivity index (χ1n) is 10.3. The van der Waals surface area contributed by atoms with Crippen molar-refractivity contribution in [2.45, 2.75) is 27.3 Å². The van der Waals surface area contributed by atoms with E-state index >= 15 is 0 Å². The molecule has 2 aromatic carbocycles. The minimum atomic E-state index is -2.69. The van der Waals surface area contributed by atoms with Gasteiger partial charge in [0.05, 0.1) is 1.37 Å². The van der Waals surface area contributed by atoms with Gasteiger partial charge in [0.25, 0.3) is 0 Å². The molecule has 0 saturated carbocycles. The third kappa shape index (κ3) is 5.06. The van der Waals surface area contributed by atoms with Crippen molar-refractivity contribution >= 4 is 10.8 Å². The van der Waals surface area contributed by atoms with Crippen molar-refractivity contribution in [1.29, 1.82) is 0 Å². The minimum absolute atomic E-state index is 0.124. The van der Waals surface area contributed by atoms with E-state index in [0.29, 0.717) is 5.56 Å². The van der Waals surface area contributed by atoms with E-state index in [2.05, 4.69) is 11.8 Å². The molecule has 0 aliphatic heterocycles. The van der Waals surface area contributed by atoms with E-state index in [1.54, 1.807) is 6.07 Å². The Bertz CT molecular complexity index is 920. The lowest BCUT2D eigenvalue weighted by Crippen LogP contribution is -2.17. The van der Waals surface area contributed by atoms with Crippen LogP contribution in [0.1, 0.15) is 34.6 Å². The standard InChI is InChI=1S/C21H25N/c1-21(2,3)15-8-5-9-16-22(4)17-19-13-10-12-18-11-6-7-14-20(18)19/h5-7,9-14H,16-17H2,1-4H3/i4D3,5D,16D2. The predicted molar refractivity (Wildman–Crippen MR) is 96.7 cm³/mol. The van der Waals surface area contributed by atoms with Crippen LogP contribution in [0.3, 0.4) is 0 Å². The predicted octanol–water partition coefficient (Wildman–Crippen LogP) is 4.88. The Labute approximate surface area is 143 Å². The molecule has 0 heterocycles. The zero-order chi connectivity index (χ0) is 21.2. The Morgan fingerprint density at radius 1 is 1.23 bits per heavy atom. The first-order valence-corrected chi connectivity index (χ1v) is 7.27. The van der Waals surface area contributed by atoms with E-state index in [4.69, 9.17) is 8.22 Å². The zero-order valence-electron chi connectivity index (χ0n) is 19.3. The van der Waals surface area contributed by atoms with Crippen molar-refractivity contribution in [3.05, 3.63) is 60.2 Å². The van der Waals surface area contributed by atoms with Gasteiger partial charge in [-0.25, -0.2) is 0 Å². The van der Waals surface area contributed by atoms with Crippen LogP contribution in [-0.4, -0.2) is 18.4 Å². The number of benzene rings is 2. The van der Waals surface area contributed by atoms with Crippen LogP contribution in [0.4, 0.5) is 0 Å². The normalized spacial score (nSPS) is 17.5. The highest BCUT2D eigenvalue weighted by Gasteiger charge is 2.03. The molecule has 0 spiro atoms.